The Morgan fingerprint density at radius 3 is 2.40 bits per heavy atom. The molecule has 0 aliphatic carbocycles. The Kier molecular flexibility index (Phi) is 6.30. The van der Waals surface area contributed by atoms with E-state index in [2.05, 4.69) is 24.1 Å². The molecule has 1 N–H and O–H groups in total. The van der Waals surface area contributed by atoms with Gasteiger partial charge in [-0.1, -0.05) is 6.92 Å². The maximum absolute atomic E-state index is 12.1. The number of hydrogen-bond acceptors (Lipinski definition) is 3. The fourth-order valence-electron chi connectivity index (χ4n) is 3.44. The quantitative estimate of drug-likeness (QED) is 0.833. The van der Waals surface area contributed by atoms with E-state index in [0.717, 1.165) is 19.0 Å². The van der Waals surface area contributed by atoms with Crippen molar-refractivity contribution in [2.75, 3.05) is 39.3 Å². The summed E-state index contributed by atoms with van der Waals surface area (Å²) >= 11 is 0. The van der Waals surface area contributed by atoms with Crippen molar-refractivity contribution >= 4 is 5.91 Å². The van der Waals surface area contributed by atoms with Crippen LogP contribution in [-0.4, -0.2) is 61.0 Å². The second-order valence-electron chi connectivity index (χ2n) is 6.38. The molecule has 1 atom stereocenters. The third kappa shape index (κ3) is 4.45. The molecule has 0 spiro atoms. The summed E-state index contributed by atoms with van der Waals surface area (Å²) in [6, 6.07) is 0.461. The van der Waals surface area contributed by atoms with E-state index in [1.807, 2.05) is 4.90 Å². The van der Waals surface area contributed by atoms with Gasteiger partial charge in [-0.25, -0.2) is 0 Å². The van der Waals surface area contributed by atoms with E-state index in [-0.39, 0.29) is 0 Å². The van der Waals surface area contributed by atoms with E-state index in [9.17, 15) is 4.79 Å². The minimum Gasteiger partial charge on any atom is -0.342 e. The molecule has 0 aromatic heterocycles. The van der Waals surface area contributed by atoms with Crippen LogP contribution in [0.15, 0.2) is 0 Å². The third-order valence-electron chi connectivity index (χ3n) is 5.07. The second-order valence-corrected chi connectivity index (χ2v) is 6.38. The van der Waals surface area contributed by atoms with Gasteiger partial charge in [-0.3, -0.25) is 4.79 Å². The molecular formula is C16H31N3O. The van der Waals surface area contributed by atoms with Gasteiger partial charge >= 0.3 is 0 Å². The topological polar surface area (TPSA) is 35.6 Å². The third-order valence-corrected chi connectivity index (χ3v) is 5.07. The lowest BCUT2D eigenvalue weighted by atomic mass is 9.90. The molecule has 116 valence electrons. The summed E-state index contributed by atoms with van der Waals surface area (Å²) in [6.45, 7) is 10.5. The molecule has 0 aromatic carbocycles. The Hall–Kier alpha value is -0.610. The smallest absolute Gasteiger partial charge is 0.236 e. The van der Waals surface area contributed by atoms with Crippen molar-refractivity contribution in [1.29, 1.82) is 0 Å². The summed E-state index contributed by atoms with van der Waals surface area (Å²) in [7, 11) is 0. The van der Waals surface area contributed by atoms with Crippen molar-refractivity contribution in [2.24, 2.45) is 5.92 Å². The first-order chi connectivity index (χ1) is 9.70. The molecule has 20 heavy (non-hydrogen) atoms. The number of nitrogens with one attached hydrogen (secondary N) is 1. The zero-order valence-electron chi connectivity index (χ0n) is 13.2. The van der Waals surface area contributed by atoms with Gasteiger partial charge in [0.25, 0.3) is 0 Å². The molecule has 2 saturated heterocycles. The first kappa shape index (κ1) is 15.8. The van der Waals surface area contributed by atoms with Gasteiger partial charge in [-0.15, -0.1) is 0 Å². The monoisotopic (exact) mass is 281 g/mol. The van der Waals surface area contributed by atoms with Crippen LogP contribution in [0.5, 0.6) is 0 Å². The van der Waals surface area contributed by atoms with Crippen molar-refractivity contribution in [2.45, 2.75) is 52.0 Å². The summed E-state index contributed by atoms with van der Waals surface area (Å²) in [5, 5.41) is 3.47. The van der Waals surface area contributed by atoms with Crippen LogP contribution in [-0.2, 0) is 4.79 Å². The number of amides is 1. The number of carbonyl (C=O) groups excluding carboxylic acids is 1. The molecule has 2 rings (SSSR count). The molecule has 0 bridgehead atoms. The summed E-state index contributed by atoms with van der Waals surface area (Å²) in [5.41, 5.74) is 0. The first-order valence-corrected chi connectivity index (χ1v) is 8.44. The van der Waals surface area contributed by atoms with E-state index in [1.165, 1.54) is 51.7 Å². The van der Waals surface area contributed by atoms with Gasteiger partial charge < -0.3 is 15.1 Å². The molecule has 2 heterocycles. The van der Waals surface area contributed by atoms with Crippen molar-refractivity contribution in [3.05, 3.63) is 0 Å². The van der Waals surface area contributed by atoms with Crippen LogP contribution in [0.1, 0.15) is 46.0 Å². The zero-order valence-corrected chi connectivity index (χ0v) is 13.2. The average Bonchev–Trinajstić information content (AvgIpc) is 2.53. The summed E-state index contributed by atoms with van der Waals surface area (Å²) in [5.74, 6) is 1.02. The molecule has 1 unspecified atom stereocenters. The van der Waals surface area contributed by atoms with Crippen molar-refractivity contribution in [3.63, 3.8) is 0 Å². The summed E-state index contributed by atoms with van der Waals surface area (Å²) < 4.78 is 0. The average molecular weight is 281 g/mol. The molecule has 2 aliphatic heterocycles. The normalized spacial score (nSPS) is 23.8. The highest BCUT2D eigenvalue weighted by molar-refractivity contribution is 5.78. The molecule has 4 heteroatoms. The van der Waals surface area contributed by atoms with Crippen LogP contribution in [0, 0.1) is 5.92 Å². The van der Waals surface area contributed by atoms with Gasteiger partial charge in [0, 0.05) is 19.1 Å². The van der Waals surface area contributed by atoms with E-state index in [1.54, 1.807) is 0 Å². The Morgan fingerprint density at radius 1 is 1.15 bits per heavy atom. The molecule has 2 fully saturated rings. The molecule has 0 radical (unpaired) electrons. The lowest BCUT2D eigenvalue weighted by Gasteiger charge is -2.35. The van der Waals surface area contributed by atoms with Crippen molar-refractivity contribution < 1.29 is 4.79 Å². The number of carbonyl (C=O) groups is 1. The lowest BCUT2D eigenvalue weighted by molar-refractivity contribution is -0.131. The first-order valence-electron chi connectivity index (χ1n) is 8.44. The van der Waals surface area contributed by atoms with Crippen LogP contribution < -0.4 is 5.32 Å². The Balaban J connectivity index is 1.66. The number of likely N-dealkylation sites (tertiary alicyclic amines) is 2. The van der Waals surface area contributed by atoms with Gasteiger partial charge in [0.1, 0.15) is 0 Å². The van der Waals surface area contributed by atoms with Gasteiger partial charge in [0.2, 0.25) is 5.91 Å². The van der Waals surface area contributed by atoms with E-state index in [4.69, 9.17) is 0 Å². The summed E-state index contributed by atoms with van der Waals surface area (Å²) in [6.07, 6.45) is 6.16. The van der Waals surface area contributed by atoms with Crippen molar-refractivity contribution in [1.82, 2.24) is 15.1 Å². The molecular weight excluding hydrogens is 250 g/mol. The highest BCUT2D eigenvalue weighted by Gasteiger charge is 2.24. The van der Waals surface area contributed by atoms with Crippen LogP contribution in [0.25, 0.3) is 0 Å². The Morgan fingerprint density at radius 2 is 1.80 bits per heavy atom. The van der Waals surface area contributed by atoms with Crippen LogP contribution in [0.3, 0.4) is 0 Å². The van der Waals surface area contributed by atoms with Gasteiger partial charge in [0.15, 0.2) is 0 Å². The van der Waals surface area contributed by atoms with Crippen LogP contribution in [0.2, 0.25) is 0 Å². The van der Waals surface area contributed by atoms with Crippen LogP contribution >= 0.6 is 0 Å². The fourth-order valence-corrected chi connectivity index (χ4v) is 3.44. The maximum Gasteiger partial charge on any atom is 0.236 e. The van der Waals surface area contributed by atoms with Gasteiger partial charge in [-0.2, -0.15) is 0 Å². The lowest BCUT2D eigenvalue weighted by Crippen LogP contribution is -2.46. The highest BCUT2D eigenvalue weighted by atomic mass is 16.2. The van der Waals surface area contributed by atoms with E-state index in [0.29, 0.717) is 18.5 Å². The van der Waals surface area contributed by atoms with E-state index < -0.39 is 0 Å². The number of piperidine rings is 2. The fraction of sp³-hybridized carbons (Fsp3) is 0.938. The molecule has 0 aromatic rings. The molecule has 4 nitrogen and oxygen atoms in total. The van der Waals surface area contributed by atoms with Crippen LogP contribution in [0.4, 0.5) is 0 Å². The predicted molar refractivity (Wildman–Crippen MR) is 82.7 cm³/mol. The van der Waals surface area contributed by atoms with Gasteiger partial charge in [0.05, 0.1) is 6.54 Å². The zero-order chi connectivity index (χ0) is 14.4. The second kappa shape index (κ2) is 7.99. The summed E-state index contributed by atoms with van der Waals surface area (Å²) in [4.78, 5) is 16.7. The molecule has 0 saturated carbocycles. The minimum absolute atomic E-state index is 0.294. The SMILES string of the molecule is CCN1CCC(C(C)NCC(=O)N2CCCCC2)CC1. The van der Waals surface area contributed by atoms with Gasteiger partial charge in [-0.05, 0) is 64.6 Å². The Bertz CT molecular complexity index is 294. The maximum atomic E-state index is 12.1. The highest BCUT2D eigenvalue weighted by Crippen LogP contribution is 2.20. The molecule has 1 amide bonds. The van der Waals surface area contributed by atoms with E-state index >= 15 is 0 Å². The predicted octanol–water partition coefficient (Wildman–Crippen LogP) is 1.71. The molecule has 2 aliphatic rings. The number of rotatable bonds is 5. The minimum atomic E-state index is 0.294. The Labute approximate surface area is 123 Å². The standard InChI is InChI=1S/C16H31N3O/c1-3-18-11-7-15(8-12-18)14(2)17-13-16(20)19-9-5-4-6-10-19/h14-15,17H,3-13H2,1-2H3. The largest absolute Gasteiger partial charge is 0.342 e. The van der Waals surface area contributed by atoms with Crippen molar-refractivity contribution in [3.8, 4) is 0 Å². The number of hydrogen-bond donors (Lipinski definition) is 1. The number of nitrogens with zero attached hydrogens (tertiary/aromatic N) is 2.